The first-order chi connectivity index (χ1) is 11.1. The van der Waals surface area contributed by atoms with Gasteiger partial charge < -0.3 is 4.57 Å². The summed E-state index contributed by atoms with van der Waals surface area (Å²) in [5.41, 5.74) is 5.18. The summed E-state index contributed by atoms with van der Waals surface area (Å²) >= 11 is 0. The second-order valence-electron chi connectivity index (χ2n) is 6.04. The molecule has 1 atom stereocenters. The first-order valence-corrected chi connectivity index (χ1v) is 7.97. The molecule has 3 rings (SSSR count). The van der Waals surface area contributed by atoms with E-state index in [4.69, 9.17) is 0 Å². The summed E-state index contributed by atoms with van der Waals surface area (Å²) in [5, 5.41) is 3.66. The van der Waals surface area contributed by atoms with Crippen molar-refractivity contribution in [1.82, 2.24) is 14.9 Å². The van der Waals surface area contributed by atoms with Gasteiger partial charge in [-0.15, -0.1) is 0 Å². The van der Waals surface area contributed by atoms with Crippen molar-refractivity contribution in [1.29, 1.82) is 0 Å². The van der Waals surface area contributed by atoms with Gasteiger partial charge in [-0.05, 0) is 36.1 Å². The minimum Gasteiger partial charge on any atom is -0.336 e. The predicted octanol–water partition coefficient (Wildman–Crippen LogP) is 3.92. The lowest BCUT2D eigenvalue weighted by molar-refractivity contribution is 0.558. The van der Waals surface area contributed by atoms with E-state index in [9.17, 15) is 0 Å². The van der Waals surface area contributed by atoms with E-state index in [2.05, 4.69) is 71.2 Å². The van der Waals surface area contributed by atoms with Crippen molar-refractivity contribution in [2.24, 2.45) is 7.05 Å². The third kappa shape index (κ3) is 3.51. The maximum Gasteiger partial charge on any atom is 0.130 e. The fourth-order valence-electron chi connectivity index (χ4n) is 2.79. The SMILES string of the molecule is Cc1ccc(CN[C@H](c2ccccc2)c2nccn2C)cc1C. The van der Waals surface area contributed by atoms with Gasteiger partial charge >= 0.3 is 0 Å². The number of hydrogen-bond acceptors (Lipinski definition) is 2. The van der Waals surface area contributed by atoms with Gasteiger partial charge in [-0.3, -0.25) is 5.32 Å². The Morgan fingerprint density at radius 1 is 1.04 bits per heavy atom. The number of rotatable bonds is 5. The van der Waals surface area contributed by atoms with Crippen LogP contribution in [0.15, 0.2) is 60.9 Å². The summed E-state index contributed by atoms with van der Waals surface area (Å²) in [6.07, 6.45) is 3.84. The zero-order valence-corrected chi connectivity index (χ0v) is 14.0. The molecule has 0 unspecified atom stereocenters. The molecule has 0 saturated heterocycles. The summed E-state index contributed by atoms with van der Waals surface area (Å²) in [7, 11) is 2.04. The van der Waals surface area contributed by atoms with Crippen molar-refractivity contribution >= 4 is 0 Å². The van der Waals surface area contributed by atoms with Gasteiger partial charge in [0.05, 0.1) is 6.04 Å². The summed E-state index contributed by atoms with van der Waals surface area (Å²) in [5.74, 6) is 1.03. The quantitative estimate of drug-likeness (QED) is 0.774. The van der Waals surface area contributed by atoms with E-state index in [1.807, 2.05) is 25.5 Å². The smallest absolute Gasteiger partial charge is 0.130 e. The normalized spacial score (nSPS) is 12.3. The van der Waals surface area contributed by atoms with Gasteiger partial charge in [-0.2, -0.15) is 0 Å². The summed E-state index contributed by atoms with van der Waals surface area (Å²) < 4.78 is 2.07. The Balaban J connectivity index is 1.85. The summed E-state index contributed by atoms with van der Waals surface area (Å²) in [6.45, 7) is 5.12. The molecule has 1 N–H and O–H groups in total. The van der Waals surface area contributed by atoms with Crippen LogP contribution in [0, 0.1) is 13.8 Å². The van der Waals surface area contributed by atoms with Crippen molar-refractivity contribution in [3.05, 3.63) is 89.0 Å². The Labute approximate surface area is 138 Å². The Kier molecular flexibility index (Phi) is 4.58. The van der Waals surface area contributed by atoms with Crippen molar-refractivity contribution < 1.29 is 0 Å². The van der Waals surface area contributed by atoms with Crippen LogP contribution in [0.1, 0.15) is 34.1 Å². The van der Waals surface area contributed by atoms with E-state index in [0.29, 0.717) is 0 Å². The highest BCUT2D eigenvalue weighted by Gasteiger charge is 2.17. The summed E-state index contributed by atoms with van der Waals surface area (Å²) in [6, 6.07) is 17.2. The molecule has 1 heterocycles. The van der Waals surface area contributed by atoms with Crippen LogP contribution >= 0.6 is 0 Å². The van der Waals surface area contributed by atoms with Gasteiger partial charge in [-0.1, -0.05) is 48.5 Å². The Bertz CT molecular complexity index is 775. The number of benzene rings is 2. The molecule has 2 aromatic carbocycles. The largest absolute Gasteiger partial charge is 0.336 e. The maximum atomic E-state index is 4.54. The van der Waals surface area contributed by atoms with Crippen LogP contribution in [0.3, 0.4) is 0 Å². The van der Waals surface area contributed by atoms with Gasteiger partial charge in [0.2, 0.25) is 0 Å². The fraction of sp³-hybridized carbons (Fsp3) is 0.250. The predicted molar refractivity (Wildman–Crippen MR) is 94.2 cm³/mol. The average Bonchev–Trinajstić information content (AvgIpc) is 2.98. The zero-order chi connectivity index (χ0) is 16.2. The third-order valence-corrected chi connectivity index (χ3v) is 4.33. The van der Waals surface area contributed by atoms with E-state index >= 15 is 0 Å². The lowest BCUT2D eigenvalue weighted by atomic mass is 10.0. The molecule has 0 bridgehead atoms. The van der Waals surface area contributed by atoms with Crippen LogP contribution in [-0.2, 0) is 13.6 Å². The molecular weight excluding hydrogens is 282 g/mol. The highest BCUT2D eigenvalue weighted by Crippen LogP contribution is 2.21. The molecule has 3 heteroatoms. The molecule has 118 valence electrons. The van der Waals surface area contributed by atoms with E-state index < -0.39 is 0 Å². The number of aromatic nitrogens is 2. The van der Waals surface area contributed by atoms with Gasteiger partial charge in [0.15, 0.2) is 0 Å². The number of hydrogen-bond donors (Lipinski definition) is 1. The molecule has 0 amide bonds. The number of imidazole rings is 1. The minimum atomic E-state index is 0.0813. The lowest BCUT2D eigenvalue weighted by Gasteiger charge is -2.19. The van der Waals surface area contributed by atoms with Gasteiger partial charge in [0.1, 0.15) is 5.82 Å². The van der Waals surface area contributed by atoms with Crippen molar-refractivity contribution in [2.75, 3.05) is 0 Å². The highest BCUT2D eigenvalue weighted by atomic mass is 15.1. The van der Waals surface area contributed by atoms with Crippen LogP contribution in [0.4, 0.5) is 0 Å². The summed E-state index contributed by atoms with van der Waals surface area (Å²) in [4.78, 5) is 4.54. The van der Waals surface area contributed by atoms with E-state index in [1.165, 1.54) is 22.3 Å². The Morgan fingerprint density at radius 3 is 2.48 bits per heavy atom. The molecule has 0 spiro atoms. The molecule has 0 aliphatic carbocycles. The highest BCUT2D eigenvalue weighted by molar-refractivity contribution is 5.31. The topological polar surface area (TPSA) is 29.9 Å². The molecule has 23 heavy (non-hydrogen) atoms. The lowest BCUT2D eigenvalue weighted by Crippen LogP contribution is -2.24. The molecule has 3 nitrogen and oxygen atoms in total. The molecule has 3 aromatic rings. The van der Waals surface area contributed by atoms with Crippen molar-refractivity contribution in [2.45, 2.75) is 26.4 Å². The minimum absolute atomic E-state index is 0.0813. The molecule has 0 aliphatic rings. The van der Waals surface area contributed by atoms with Gasteiger partial charge in [-0.25, -0.2) is 4.98 Å². The molecule has 0 saturated carbocycles. The van der Waals surface area contributed by atoms with E-state index in [0.717, 1.165) is 12.4 Å². The monoisotopic (exact) mass is 305 g/mol. The van der Waals surface area contributed by atoms with E-state index in [1.54, 1.807) is 0 Å². The standard InChI is InChI=1S/C20H23N3/c1-15-9-10-17(13-16(15)2)14-22-19(18-7-5-4-6-8-18)20-21-11-12-23(20)3/h4-13,19,22H,14H2,1-3H3/t19-/m1/s1. The molecule has 0 fully saturated rings. The molecular formula is C20H23N3. The second-order valence-corrected chi connectivity index (χ2v) is 6.04. The Morgan fingerprint density at radius 2 is 1.83 bits per heavy atom. The molecule has 0 aliphatic heterocycles. The van der Waals surface area contributed by atoms with Crippen molar-refractivity contribution in [3.63, 3.8) is 0 Å². The number of nitrogens with zero attached hydrogens (tertiary/aromatic N) is 2. The van der Waals surface area contributed by atoms with Gasteiger partial charge in [0, 0.05) is 26.0 Å². The van der Waals surface area contributed by atoms with Crippen LogP contribution in [0.5, 0.6) is 0 Å². The van der Waals surface area contributed by atoms with Crippen LogP contribution in [-0.4, -0.2) is 9.55 Å². The first-order valence-electron chi connectivity index (χ1n) is 7.97. The number of nitrogens with one attached hydrogen (secondary N) is 1. The second kappa shape index (κ2) is 6.80. The first kappa shape index (κ1) is 15.5. The van der Waals surface area contributed by atoms with Gasteiger partial charge in [0.25, 0.3) is 0 Å². The van der Waals surface area contributed by atoms with E-state index in [-0.39, 0.29) is 6.04 Å². The van der Waals surface area contributed by atoms with Crippen molar-refractivity contribution in [3.8, 4) is 0 Å². The number of aryl methyl sites for hydroxylation is 3. The molecule has 0 radical (unpaired) electrons. The van der Waals surface area contributed by atoms with Crippen LogP contribution in [0.25, 0.3) is 0 Å². The molecule has 1 aromatic heterocycles. The average molecular weight is 305 g/mol. The van der Waals surface area contributed by atoms with Crippen LogP contribution < -0.4 is 5.32 Å². The third-order valence-electron chi connectivity index (χ3n) is 4.33. The Hall–Kier alpha value is -2.39. The fourth-order valence-corrected chi connectivity index (χ4v) is 2.79. The zero-order valence-electron chi connectivity index (χ0n) is 14.0. The maximum absolute atomic E-state index is 4.54. The van der Waals surface area contributed by atoms with Crippen LogP contribution in [0.2, 0.25) is 0 Å².